The van der Waals surface area contributed by atoms with E-state index in [1.165, 1.54) is 5.56 Å². The Balaban J connectivity index is 0.00000433. The maximum atomic E-state index is 10.8. The molecule has 5 nitrogen and oxygen atoms in total. The molecular weight excluding hydrogens is 762 g/mol. The maximum Gasteiger partial charge on any atom is 0.217 e. The van der Waals surface area contributed by atoms with Crippen LogP contribution in [0.5, 0.6) is 17.4 Å². The number of phenolic OH excluding ortho intramolecular Hbond substituents is 1. The fraction of sp³-hybridized carbons (Fsp3) is 0.366. The van der Waals surface area contributed by atoms with E-state index in [2.05, 4.69) is 129 Å². The first kappa shape index (κ1) is 34.6. The Bertz CT molecular complexity index is 2120. The van der Waals surface area contributed by atoms with Crippen molar-refractivity contribution in [2.45, 2.75) is 98.3 Å². The summed E-state index contributed by atoms with van der Waals surface area (Å²) in [6.07, 6.45) is 0. The van der Waals surface area contributed by atoms with Crippen LogP contribution in [0.25, 0.3) is 38.5 Å². The zero-order valence-electron chi connectivity index (χ0n) is 29.4. The van der Waals surface area contributed by atoms with Crippen molar-refractivity contribution in [3.8, 4) is 23.2 Å². The SMILES string of the molecule is CC(C)c1cccc(-n2c3[c-]c(Oc4ccc5c(C(C)(C)C)ccc(O)c5n4)cc(C(C)(C)C)c3c3ccc(C(C)(C)C)cc32)n1.[Pt]. The number of pyridine rings is 2. The largest absolute Gasteiger partial charge is 0.506 e. The number of fused-ring (bicyclic) bond motifs is 4. The molecule has 3 heterocycles. The molecule has 0 saturated heterocycles. The van der Waals surface area contributed by atoms with Crippen LogP contribution in [0.1, 0.15) is 104 Å². The Morgan fingerprint density at radius 1 is 0.745 bits per heavy atom. The molecule has 0 aliphatic carbocycles. The van der Waals surface area contributed by atoms with Gasteiger partial charge in [-0.2, -0.15) is 0 Å². The van der Waals surface area contributed by atoms with Crippen molar-refractivity contribution in [2.75, 3.05) is 0 Å². The third-order valence-corrected chi connectivity index (χ3v) is 8.84. The molecule has 47 heavy (non-hydrogen) atoms. The predicted molar refractivity (Wildman–Crippen MR) is 191 cm³/mol. The molecule has 0 atom stereocenters. The van der Waals surface area contributed by atoms with Crippen molar-refractivity contribution in [1.29, 1.82) is 0 Å². The Hall–Kier alpha value is -3.69. The molecule has 6 rings (SSSR count). The second-order valence-electron chi connectivity index (χ2n) is 15.9. The quantitative estimate of drug-likeness (QED) is 0.180. The Morgan fingerprint density at radius 3 is 2.06 bits per heavy atom. The van der Waals surface area contributed by atoms with E-state index < -0.39 is 0 Å². The van der Waals surface area contributed by atoms with Gasteiger partial charge in [-0.05, 0) is 69.0 Å². The summed E-state index contributed by atoms with van der Waals surface area (Å²) in [5.41, 5.74) is 6.79. The zero-order valence-corrected chi connectivity index (χ0v) is 31.7. The zero-order chi connectivity index (χ0) is 33.3. The van der Waals surface area contributed by atoms with E-state index in [0.717, 1.165) is 49.8 Å². The van der Waals surface area contributed by atoms with Crippen molar-refractivity contribution in [3.63, 3.8) is 0 Å². The van der Waals surface area contributed by atoms with Crippen LogP contribution in [0, 0.1) is 6.07 Å². The molecule has 1 N–H and O–H groups in total. The summed E-state index contributed by atoms with van der Waals surface area (Å²) >= 11 is 0. The molecule has 0 aliphatic heterocycles. The number of aromatic hydroxyl groups is 1. The van der Waals surface area contributed by atoms with Gasteiger partial charge < -0.3 is 14.4 Å². The number of aromatic nitrogens is 3. The van der Waals surface area contributed by atoms with Crippen molar-refractivity contribution < 1.29 is 30.9 Å². The third-order valence-electron chi connectivity index (χ3n) is 8.84. The molecule has 0 saturated carbocycles. The van der Waals surface area contributed by atoms with Crippen LogP contribution in [0.3, 0.4) is 0 Å². The van der Waals surface area contributed by atoms with Gasteiger partial charge in [0, 0.05) is 49.5 Å². The second-order valence-corrected chi connectivity index (χ2v) is 15.9. The first-order chi connectivity index (χ1) is 21.4. The van der Waals surface area contributed by atoms with Crippen molar-refractivity contribution in [2.24, 2.45) is 0 Å². The minimum atomic E-state index is -0.197. The van der Waals surface area contributed by atoms with Gasteiger partial charge in [-0.15, -0.1) is 17.7 Å². The summed E-state index contributed by atoms with van der Waals surface area (Å²) in [5.74, 6) is 2.25. The molecule has 0 bridgehead atoms. The van der Waals surface area contributed by atoms with E-state index in [9.17, 15) is 5.11 Å². The van der Waals surface area contributed by atoms with Crippen LogP contribution >= 0.6 is 0 Å². The van der Waals surface area contributed by atoms with Crippen LogP contribution in [0.15, 0.2) is 66.7 Å². The third kappa shape index (κ3) is 6.44. The van der Waals surface area contributed by atoms with E-state index in [1.54, 1.807) is 6.07 Å². The molecular formula is C41H46N3O2Pt-. The van der Waals surface area contributed by atoms with Gasteiger partial charge in [0.1, 0.15) is 17.1 Å². The van der Waals surface area contributed by atoms with E-state index in [4.69, 9.17) is 14.7 Å². The van der Waals surface area contributed by atoms with Crippen LogP contribution in [-0.2, 0) is 37.3 Å². The van der Waals surface area contributed by atoms with Crippen LogP contribution in [-0.4, -0.2) is 19.6 Å². The van der Waals surface area contributed by atoms with Gasteiger partial charge in [0.2, 0.25) is 5.88 Å². The fourth-order valence-electron chi connectivity index (χ4n) is 6.28. The molecule has 0 spiro atoms. The van der Waals surface area contributed by atoms with Gasteiger partial charge in [-0.25, -0.2) is 9.97 Å². The maximum absolute atomic E-state index is 10.8. The molecule has 248 valence electrons. The van der Waals surface area contributed by atoms with Crippen LogP contribution in [0.4, 0.5) is 0 Å². The number of nitrogens with zero attached hydrogens (tertiary/aromatic N) is 3. The predicted octanol–water partition coefficient (Wildman–Crippen LogP) is 11.0. The summed E-state index contributed by atoms with van der Waals surface area (Å²) in [7, 11) is 0. The average Bonchev–Trinajstić information content (AvgIpc) is 3.29. The summed E-state index contributed by atoms with van der Waals surface area (Å²) in [5, 5.41) is 14.0. The van der Waals surface area contributed by atoms with Crippen molar-refractivity contribution in [1.82, 2.24) is 14.5 Å². The number of rotatable bonds is 4. The molecule has 0 amide bonds. The monoisotopic (exact) mass is 807 g/mol. The van der Waals surface area contributed by atoms with Gasteiger partial charge in [0.05, 0.1) is 0 Å². The van der Waals surface area contributed by atoms with E-state index in [0.29, 0.717) is 23.1 Å². The number of hydrogen-bond acceptors (Lipinski definition) is 4. The summed E-state index contributed by atoms with van der Waals surface area (Å²) in [6.45, 7) is 24.3. The van der Waals surface area contributed by atoms with Gasteiger partial charge >= 0.3 is 0 Å². The normalized spacial score (nSPS) is 12.7. The van der Waals surface area contributed by atoms with E-state index in [-0.39, 0.29) is 43.1 Å². The summed E-state index contributed by atoms with van der Waals surface area (Å²) in [6, 6.07) is 26.4. The second kappa shape index (κ2) is 12.1. The molecule has 0 aliphatic rings. The minimum absolute atomic E-state index is 0. The topological polar surface area (TPSA) is 60.2 Å². The van der Waals surface area contributed by atoms with Crippen LogP contribution in [0.2, 0.25) is 0 Å². The fourth-order valence-corrected chi connectivity index (χ4v) is 6.28. The number of hydrogen-bond donors (Lipinski definition) is 1. The molecule has 6 aromatic rings. The van der Waals surface area contributed by atoms with Gasteiger partial charge in [-0.1, -0.05) is 111 Å². The van der Waals surface area contributed by atoms with Crippen LogP contribution < -0.4 is 4.74 Å². The molecule has 3 aromatic carbocycles. The van der Waals surface area contributed by atoms with E-state index in [1.807, 2.05) is 18.2 Å². The number of benzene rings is 3. The van der Waals surface area contributed by atoms with Crippen molar-refractivity contribution >= 4 is 32.7 Å². The summed E-state index contributed by atoms with van der Waals surface area (Å²) < 4.78 is 8.77. The molecule has 0 fully saturated rings. The Morgan fingerprint density at radius 2 is 1.43 bits per heavy atom. The smallest absolute Gasteiger partial charge is 0.217 e. The van der Waals surface area contributed by atoms with Crippen molar-refractivity contribution in [3.05, 3.63) is 95.2 Å². The molecule has 3 aromatic heterocycles. The molecule has 6 heteroatoms. The standard InChI is InChI=1S/C41H46N3O2.Pt/c1-24(2)31-13-12-14-35(42-31)44-32-21-25(39(3,4)5)15-16-28(32)37-30(41(9,10)11)22-26(23-33(37)44)46-36-20-17-27-29(40(6,7)8)18-19-34(45)38(27)43-36;/h12-22,24,45H,1-11H3;/q-1;. The number of phenols is 1. The van der Waals surface area contributed by atoms with Gasteiger partial charge in [-0.3, -0.25) is 0 Å². The summed E-state index contributed by atoms with van der Waals surface area (Å²) in [4.78, 5) is 9.94. The molecule has 0 unspecified atom stereocenters. The first-order valence-corrected chi connectivity index (χ1v) is 16.3. The number of ether oxygens (including phenoxy) is 1. The first-order valence-electron chi connectivity index (χ1n) is 16.3. The molecule has 0 radical (unpaired) electrons. The Labute approximate surface area is 293 Å². The Kier molecular flexibility index (Phi) is 8.90. The minimum Gasteiger partial charge on any atom is -0.506 e. The van der Waals surface area contributed by atoms with Gasteiger partial charge in [0.15, 0.2) is 0 Å². The van der Waals surface area contributed by atoms with Gasteiger partial charge in [0.25, 0.3) is 0 Å². The average molecular weight is 808 g/mol. The van der Waals surface area contributed by atoms with E-state index >= 15 is 0 Å².